The largest absolute Gasteiger partial charge is 0.363 e. The summed E-state index contributed by atoms with van der Waals surface area (Å²) in [4.78, 5) is 21.9. The smallest absolute Gasteiger partial charge is 0.253 e. The molecule has 2 aromatic heterocycles. The van der Waals surface area contributed by atoms with E-state index in [0.29, 0.717) is 23.8 Å². The van der Waals surface area contributed by atoms with Gasteiger partial charge < -0.3 is 15.2 Å². The van der Waals surface area contributed by atoms with Crippen LogP contribution in [0, 0.1) is 13.8 Å². The number of aromatic nitrogens is 2. The number of benzene rings is 1. The number of H-pyrrole nitrogens is 1. The number of nitrogens with zero attached hydrogens (tertiary/aromatic N) is 2. The normalized spacial score (nSPS) is 10.8. The fourth-order valence-corrected chi connectivity index (χ4v) is 3.49. The van der Waals surface area contributed by atoms with Gasteiger partial charge in [-0.25, -0.2) is 0 Å². The maximum atomic E-state index is 12.7. The third-order valence-corrected chi connectivity index (χ3v) is 4.86. The Bertz CT molecular complexity index is 1010. The Morgan fingerprint density at radius 2 is 2.07 bits per heavy atom. The zero-order valence-corrected chi connectivity index (χ0v) is 16.7. The van der Waals surface area contributed by atoms with Crippen molar-refractivity contribution in [2.45, 2.75) is 33.9 Å². The summed E-state index contributed by atoms with van der Waals surface area (Å²) < 4.78 is 0. The van der Waals surface area contributed by atoms with Crippen LogP contribution in [0.4, 0.5) is 0 Å². The molecule has 1 aromatic carbocycles. The molecule has 6 heteroatoms. The number of fused-ring (bicyclic) bond motifs is 1. The van der Waals surface area contributed by atoms with Gasteiger partial charge in [-0.05, 0) is 67.9 Å². The number of nitrogens with one attached hydrogen (secondary N) is 2. The minimum atomic E-state index is -0.0806. The first-order valence-electron chi connectivity index (χ1n) is 9.02. The van der Waals surface area contributed by atoms with Gasteiger partial charge in [-0.15, -0.1) is 0 Å². The SMILES string of the molecule is CCNC(=S)N(Cc1cccnc1)Cc1cc2c(C)cc(C)cc2[nH]c1=O. The molecule has 0 aliphatic heterocycles. The molecule has 0 unspecified atom stereocenters. The Hall–Kier alpha value is -2.73. The summed E-state index contributed by atoms with van der Waals surface area (Å²) in [7, 11) is 0. The average molecular weight is 381 g/mol. The highest BCUT2D eigenvalue weighted by molar-refractivity contribution is 7.80. The fraction of sp³-hybridized carbons (Fsp3) is 0.286. The molecule has 0 spiro atoms. The van der Waals surface area contributed by atoms with E-state index in [2.05, 4.69) is 28.3 Å². The van der Waals surface area contributed by atoms with Crippen molar-refractivity contribution in [2.24, 2.45) is 0 Å². The van der Waals surface area contributed by atoms with E-state index in [4.69, 9.17) is 12.2 Å². The number of thiocarbonyl (C=S) groups is 1. The van der Waals surface area contributed by atoms with Crippen LogP contribution in [0.3, 0.4) is 0 Å². The lowest BCUT2D eigenvalue weighted by Gasteiger charge is -2.25. The molecule has 3 aromatic rings. The van der Waals surface area contributed by atoms with E-state index in [1.807, 2.05) is 49.2 Å². The van der Waals surface area contributed by atoms with Crippen LogP contribution in [0.15, 0.2) is 47.5 Å². The first-order chi connectivity index (χ1) is 13.0. The average Bonchev–Trinajstić information content (AvgIpc) is 2.63. The molecule has 0 bridgehead atoms. The number of hydrogen-bond acceptors (Lipinski definition) is 3. The Kier molecular flexibility index (Phi) is 5.86. The Morgan fingerprint density at radius 1 is 1.26 bits per heavy atom. The van der Waals surface area contributed by atoms with Gasteiger partial charge in [0.25, 0.3) is 5.56 Å². The second kappa shape index (κ2) is 8.31. The van der Waals surface area contributed by atoms with E-state index in [1.165, 1.54) is 0 Å². The van der Waals surface area contributed by atoms with Crippen LogP contribution in [0.2, 0.25) is 0 Å². The predicted molar refractivity (Wildman–Crippen MR) is 114 cm³/mol. The zero-order valence-electron chi connectivity index (χ0n) is 15.9. The summed E-state index contributed by atoms with van der Waals surface area (Å²) in [5, 5.41) is 4.87. The number of hydrogen-bond donors (Lipinski definition) is 2. The zero-order chi connectivity index (χ0) is 19.4. The van der Waals surface area contributed by atoms with E-state index < -0.39 is 0 Å². The van der Waals surface area contributed by atoms with Crippen LogP contribution >= 0.6 is 12.2 Å². The van der Waals surface area contributed by atoms with Crippen molar-refractivity contribution in [1.29, 1.82) is 0 Å². The predicted octanol–water partition coefficient (Wildman–Crippen LogP) is 3.44. The molecule has 0 fully saturated rings. The molecule has 0 saturated heterocycles. The monoisotopic (exact) mass is 380 g/mol. The molecule has 0 atom stereocenters. The molecule has 0 aliphatic carbocycles. The van der Waals surface area contributed by atoms with E-state index in [0.717, 1.165) is 34.1 Å². The summed E-state index contributed by atoms with van der Waals surface area (Å²) in [6.45, 7) is 7.85. The number of pyridine rings is 2. The molecule has 5 nitrogen and oxygen atoms in total. The minimum Gasteiger partial charge on any atom is -0.363 e. The van der Waals surface area contributed by atoms with E-state index >= 15 is 0 Å². The third-order valence-electron chi connectivity index (χ3n) is 4.46. The van der Waals surface area contributed by atoms with E-state index in [-0.39, 0.29) is 5.56 Å². The lowest BCUT2D eigenvalue weighted by Crippen LogP contribution is -2.39. The lowest BCUT2D eigenvalue weighted by molar-refractivity contribution is 0.398. The maximum Gasteiger partial charge on any atom is 0.253 e. The van der Waals surface area contributed by atoms with Gasteiger partial charge in [0, 0.05) is 41.9 Å². The third kappa shape index (κ3) is 4.52. The van der Waals surface area contributed by atoms with Gasteiger partial charge in [0.1, 0.15) is 0 Å². The van der Waals surface area contributed by atoms with Gasteiger partial charge in [0.2, 0.25) is 0 Å². The minimum absolute atomic E-state index is 0.0806. The van der Waals surface area contributed by atoms with Crippen molar-refractivity contribution >= 4 is 28.2 Å². The van der Waals surface area contributed by atoms with Crippen molar-refractivity contribution in [2.75, 3.05) is 6.54 Å². The lowest BCUT2D eigenvalue weighted by atomic mass is 10.0. The van der Waals surface area contributed by atoms with Gasteiger partial charge in [0.15, 0.2) is 5.11 Å². The van der Waals surface area contributed by atoms with Crippen molar-refractivity contribution in [3.05, 3.63) is 75.3 Å². The highest BCUT2D eigenvalue weighted by Crippen LogP contribution is 2.19. The van der Waals surface area contributed by atoms with Crippen LogP contribution in [0.25, 0.3) is 10.9 Å². The van der Waals surface area contributed by atoms with Crippen LogP contribution in [-0.4, -0.2) is 26.5 Å². The Balaban J connectivity index is 1.96. The molecule has 0 saturated carbocycles. The molecule has 27 heavy (non-hydrogen) atoms. The topological polar surface area (TPSA) is 61.0 Å². The summed E-state index contributed by atoms with van der Waals surface area (Å²) in [5.74, 6) is 0. The number of aromatic amines is 1. The van der Waals surface area contributed by atoms with Gasteiger partial charge in [-0.2, -0.15) is 0 Å². The Labute approximate surface area is 164 Å². The van der Waals surface area contributed by atoms with Crippen molar-refractivity contribution in [1.82, 2.24) is 20.2 Å². The molecule has 0 aliphatic rings. The second-order valence-electron chi connectivity index (χ2n) is 6.72. The van der Waals surface area contributed by atoms with Gasteiger partial charge in [-0.3, -0.25) is 9.78 Å². The van der Waals surface area contributed by atoms with Gasteiger partial charge >= 0.3 is 0 Å². The first-order valence-corrected chi connectivity index (χ1v) is 9.43. The van der Waals surface area contributed by atoms with Crippen LogP contribution < -0.4 is 10.9 Å². The summed E-state index contributed by atoms with van der Waals surface area (Å²) >= 11 is 5.54. The quantitative estimate of drug-likeness (QED) is 0.664. The summed E-state index contributed by atoms with van der Waals surface area (Å²) in [6, 6.07) is 10.0. The van der Waals surface area contributed by atoms with E-state index in [9.17, 15) is 4.79 Å². The van der Waals surface area contributed by atoms with E-state index in [1.54, 1.807) is 6.20 Å². The molecular weight excluding hydrogens is 356 g/mol. The highest BCUT2D eigenvalue weighted by atomic mass is 32.1. The molecular formula is C21H24N4OS. The van der Waals surface area contributed by atoms with Gasteiger partial charge in [-0.1, -0.05) is 12.1 Å². The van der Waals surface area contributed by atoms with Crippen molar-refractivity contribution in [3.63, 3.8) is 0 Å². The van der Waals surface area contributed by atoms with Crippen molar-refractivity contribution in [3.8, 4) is 0 Å². The molecule has 0 amide bonds. The highest BCUT2D eigenvalue weighted by Gasteiger charge is 2.14. The Morgan fingerprint density at radius 3 is 2.78 bits per heavy atom. The standard InChI is InChI=1S/C21H24N4OS/c1-4-23-21(27)25(12-16-6-5-7-22-11-16)13-17-10-18-15(3)8-14(2)9-19(18)24-20(17)26/h5-11H,4,12-13H2,1-3H3,(H,23,27)(H,24,26). The molecule has 2 heterocycles. The number of aryl methyl sites for hydroxylation is 2. The molecule has 0 radical (unpaired) electrons. The fourth-order valence-electron chi connectivity index (χ4n) is 3.21. The summed E-state index contributed by atoms with van der Waals surface area (Å²) in [6.07, 6.45) is 3.56. The van der Waals surface area contributed by atoms with Gasteiger partial charge in [0.05, 0.1) is 6.54 Å². The molecule has 2 N–H and O–H groups in total. The first kappa shape index (κ1) is 19.0. The maximum absolute atomic E-state index is 12.7. The van der Waals surface area contributed by atoms with Crippen molar-refractivity contribution < 1.29 is 0 Å². The molecule has 3 rings (SSSR count). The number of rotatable bonds is 5. The van der Waals surface area contributed by atoms with Crippen LogP contribution in [-0.2, 0) is 13.1 Å². The second-order valence-corrected chi connectivity index (χ2v) is 7.11. The van der Waals surface area contributed by atoms with Crippen LogP contribution in [0.1, 0.15) is 29.2 Å². The molecule has 140 valence electrons. The summed E-state index contributed by atoms with van der Waals surface area (Å²) in [5.41, 5.74) is 4.81. The van der Waals surface area contributed by atoms with Crippen LogP contribution in [0.5, 0.6) is 0 Å².